The van der Waals surface area contributed by atoms with Gasteiger partial charge in [-0.25, -0.2) is 15.0 Å². The van der Waals surface area contributed by atoms with Crippen molar-refractivity contribution in [2.24, 2.45) is 5.73 Å². The van der Waals surface area contributed by atoms with Gasteiger partial charge in [-0.15, -0.1) is 0 Å². The van der Waals surface area contributed by atoms with E-state index in [1.165, 1.54) is 0 Å². The first-order chi connectivity index (χ1) is 13.5. The summed E-state index contributed by atoms with van der Waals surface area (Å²) in [7, 11) is 0. The Balaban J connectivity index is 1.48. The molecule has 0 aliphatic carbocycles. The van der Waals surface area contributed by atoms with Crippen LogP contribution < -0.4 is 21.3 Å². The smallest absolute Gasteiger partial charge is 0.183 e. The van der Waals surface area contributed by atoms with Gasteiger partial charge in [-0.2, -0.15) is 5.10 Å². The number of hydrogen-bond donors (Lipinski definition) is 3. The molecule has 5 N–H and O–H groups in total. The predicted octanol–water partition coefficient (Wildman–Crippen LogP) is 1.73. The van der Waals surface area contributed by atoms with E-state index >= 15 is 0 Å². The van der Waals surface area contributed by atoms with E-state index in [4.69, 9.17) is 21.4 Å². The van der Waals surface area contributed by atoms with E-state index in [1.54, 1.807) is 6.20 Å². The molecule has 1 saturated heterocycles. The Morgan fingerprint density at radius 2 is 2.00 bits per heavy atom. The number of hydrogen-bond acceptors (Lipinski definition) is 8. The van der Waals surface area contributed by atoms with Crippen molar-refractivity contribution in [3.05, 3.63) is 24.0 Å². The normalized spacial score (nSPS) is 19.1. The Hall–Kier alpha value is -2.94. The summed E-state index contributed by atoms with van der Waals surface area (Å²) in [5.74, 6) is 2.24. The molecule has 0 aromatic carbocycles. The molecule has 2 aliphatic rings. The molecule has 3 aromatic heterocycles. The molecule has 3 aromatic rings. The summed E-state index contributed by atoms with van der Waals surface area (Å²) in [5.41, 5.74) is 15.8. The minimum Gasteiger partial charge on any atom is -0.383 e. The molecule has 0 atom stereocenters. The molecular formula is C19H25N9. The second kappa shape index (κ2) is 6.30. The number of rotatable bonds is 2. The second-order valence-electron chi connectivity index (χ2n) is 8.06. The van der Waals surface area contributed by atoms with Crippen molar-refractivity contribution in [1.82, 2.24) is 25.1 Å². The zero-order valence-electron chi connectivity index (χ0n) is 16.0. The summed E-state index contributed by atoms with van der Waals surface area (Å²) in [6.45, 7) is 4.75. The van der Waals surface area contributed by atoms with Gasteiger partial charge in [0.15, 0.2) is 17.0 Å². The van der Waals surface area contributed by atoms with Gasteiger partial charge < -0.3 is 21.3 Å². The first-order valence-electron chi connectivity index (χ1n) is 9.78. The van der Waals surface area contributed by atoms with Crippen LogP contribution in [0.2, 0.25) is 0 Å². The van der Waals surface area contributed by atoms with Gasteiger partial charge in [0.05, 0.1) is 11.9 Å². The second-order valence-corrected chi connectivity index (χ2v) is 8.06. The molecule has 9 nitrogen and oxygen atoms in total. The Kier molecular flexibility index (Phi) is 3.87. The molecule has 0 bridgehead atoms. The number of nitrogens with one attached hydrogen (secondary N) is 1. The van der Waals surface area contributed by atoms with Crippen molar-refractivity contribution in [2.45, 2.75) is 38.1 Å². The van der Waals surface area contributed by atoms with Crippen LogP contribution in [-0.4, -0.2) is 50.3 Å². The molecule has 0 amide bonds. The monoisotopic (exact) mass is 379 g/mol. The number of piperidine rings is 1. The lowest BCUT2D eigenvalue weighted by atomic mass is 9.91. The number of pyridine rings is 1. The van der Waals surface area contributed by atoms with Crippen LogP contribution in [-0.2, 0) is 6.42 Å². The van der Waals surface area contributed by atoms with Gasteiger partial charge in [-0.3, -0.25) is 5.10 Å². The van der Waals surface area contributed by atoms with Crippen LogP contribution in [0.1, 0.15) is 31.7 Å². The first kappa shape index (κ1) is 17.2. The molecule has 0 radical (unpaired) electrons. The van der Waals surface area contributed by atoms with Gasteiger partial charge in [0, 0.05) is 36.9 Å². The number of aromatic nitrogens is 5. The van der Waals surface area contributed by atoms with E-state index in [-0.39, 0.29) is 5.54 Å². The highest BCUT2D eigenvalue weighted by atomic mass is 15.3. The molecule has 5 rings (SSSR count). The summed E-state index contributed by atoms with van der Waals surface area (Å²) in [4.78, 5) is 18.1. The number of H-pyrrole nitrogens is 1. The Labute approximate surface area is 163 Å². The van der Waals surface area contributed by atoms with E-state index < -0.39 is 0 Å². The van der Waals surface area contributed by atoms with Crippen LogP contribution in [0.4, 0.5) is 23.1 Å². The molecule has 0 saturated carbocycles. The molecule has 146 valence electrons. The lowest BCUT2D eigenvalue weighted by Gasteiger charge is -2.37. The van der Waals surface area contributed by atoms with Crippen molar-refractivity contribution in [3.8, 4) is 0 Å². The average Bonchev–Trinajstić information content (AvgIpc) is 3.11. The third-order valence-corrected chi connectivity index (χ3v) is 5.89. The van der Waals surface area contributed by atoms with Gasteiger partial charge in [-0.1, -0.05) is 0 Å². The number of fused-ring (bicyclic) bond motifs is 2. The zero-order chi connectivity index (χ0) is 19.3. The van der Waals surface area contributed by atoms with Gasteiger partial charge in [0.25, 0.3) is 0 Å². The third-order valence-electron chi connectivity index (χ3n) is 5.89. The fourth-order valence-electron chi connectivity index (χ4n) is 4.13. The molecular weight excluding hydrogens is 354 g/mol. The van der Waals surface area contributed by atoms with E-state index in [9.17, 15) is 0 Å². The van der Waals surface area contributed by atoms with Crippen molar-refractivity contribution < 1.29 is 0 Å². The molecule has 9 heteroatoms. The first-order valence-corrected chi connectivity index (χ1v) is 9.78. The van der Waals surface area contributed by atoms with E-state index in [0.29, 0.717) is 11.5 Å². The highest BCUT2D eigenvalue weighted by Gasteiger charge is 2.28. The Bertz CT molecular complexity index is 1020. The summed E-state index contributed by atoms with van der Waals surface area (Å²) < 4.78 is 0. The van der Waals surface area contributed by atoms with Crippen molar-refractivity contribution in [2.75, 3.05) is 35.2 Å². The maximum absolute atomic E-state index is 6.25. The number of nitrogens with two attached hydrogens (primary N) is 2. The summed E-state index contributed by atoms with van der Waals surface area (Å²) in [5, 5.41) is 7.60. The van der Waals surface area contributed by atoms with Crippen LogP contribution in [0.25, 0.3) is 11.2 Å². The zero-order valence-corrected chi connectivity index (χ0v) is 16.0. The van der Waals surface area contributed by atoms with Gasteiger partial charge in [0.1, 0.15) is 11.6 Å². The number of nitrogen functional groups attached to an aromatic ring is 1. The maximum atomic E-state index is 6.25. The standard InChI is InChI=1S/C19H25N9/c1-19(21)5-9-27(10-6-19)14-11-23-15-17(24-14)25-26-18(15)28-8-2-3-12-13(28)4-7-22-16(12)20/h4,7,11H,2-3,5-6,8-10,21H2,1H3,(H2,20,22)(H,24,25,26). The van der Waals surface area contributed by atoms with Gasteiger partial charge in [0.2, 0.25) is 0 Å². The average molecular weight is 379 g/mol. The molecule has 28 heavy (non-hydrogen) atoms. The molecule has 2 aliphatic heterocycles. The number of anilines is 4. The topological polar surface area (TPSA) is 126 Å². The largest absolute Gasteiger partial charge is 0.383 e. The molecule has 0 spiro atoms. The van der Waals surface area contributed by atoms with Crippen LogP contribution >= 0.6 is 0 Å². The van der Waals surface area contributed by atoms with E-state index in [1.807, 2.05) is 12.3 Å². The molecule has 1 fully saturated rings. The lowest BCUT2D eigenvalue weighted by molar-refractivity contribution is 0.363. The highest BCUT2D eigenvalue weighted by Crippen LogP contribution is 2.37. The summed E-state index contributed by atoms with van der Waals surface area (Å²) in [6, 6.07) is 1.99. The minimum atomic E-state index is -0.0897. The number of aromatic amines is 1. The highest BCUT2D eigenvalue weighted by molar-refractivity contribution is 5.88. The summed E-state index contributed by atoms with van der Waals surface area (Å²) in [6.07, 6.45) is 7.40. The van der Waals surface area contributed by atoms with Crippen LogP contribution in [0.5, 0.6) is 0 Å². The van der Waals surface area contributed by atoms with E-state index in [2.05, 4.69) is 31.9 Å². The Morgan fingerprint density at radius 1 is 1.18 bits per heavy atom. The van der Waals surface area contributed by atoms with Crippen LogP contribution in [0, 0.1) is 0 Å². The maximum Gasteiger partial charge on any atom is 0.183 e. The number of nitrogens with zero attached hydrogens (tertiary/aromatic N) is 6. The fraction of sp³-hybridized carbons (Fsp3) is 0.474. The third kappa shape index (κ3) is 2.82. The Morgan fingerprint density at radius 3 is 2.82 bits per heavy atom. The summed E-state index contributed by atoms with van der Waals surface area (Å²) >= 11 is 0. The lowest BCUT2D eigenvalue weighted by Crippen LogP contribution is -2.48. The quantitative estimate of drug-likeness (QED) is 0.614. The molecule has 5 heterocycles. The predicted molar refractivity (Wildman–Crippen MR) is 110 cm³/mol. The van der Waals surface area contributed by atoms with Crippen molar-refractivity contribution in [1.29, 1.82) is 0 Å². The van der Waals surface area contributed by atoms with Gasteiger partial charge >= 0.3 is 0 Å². The molecule has 0 unspecified atom stereocenters. The van der Waals surface area contributed by atoms with Crippen LogP contribution in [0.15, 0.2) is 18.5 Å². The SMILES string of the molecule is CC1(N)CCN(c2cnc3c(N4CCCc5c4ccnc5N)n[nH]c3n2)CC1. The van der Waals surface area contributed by atoms with Crippen molar-refractivity contribution in [3.63, 3.8) is 0 Å². The van der Waals surface area contributed by atoms with Crippen molar-refractivity contribution >= 4 is 34.3 Å². The van der Waals surface area contributed by atoms with Gasteiger partial charge in [-0.05, 0) is 38.7 Å². The minimum absolute atomic E-state index is 0.0897. The van der Waals surface area contributed by atoms with E-state index in [0.717, 1.165) is 73.7 Å². The fourth-order valence-corrected chi connectivity index (χ4v) is 4.13. The van der Waals surface area contributed by atoms with Crippen LogP contribution in [0.3, 0.4) is 0 Å².